The smallest absolute Gasteiger partial charge is 0.264 e. The molecule has 216 valence electrons. The van der Waals surface area contributed by atoms with Gasteiger partial charge in [0.1, 0.15) is 5.75 Å². The standard InChI is InChI=1S/C31H37N5O5/c1-22(8-3-5-15-34-21-24(14-17-37)32-33-34)31(40)27-19-26(41-2)12-13-28(27)36(30(31)39)20-23-9-7-10-25(18-23)35-16-6-4-11-29(35)38/h3,7-10,12-13,18-19,21-22,37,40H,4-6,11,14-17,20H2,1-2H3/b8-3+/t22-,31+/m0/s1. The summed E-state index contributed by atoms with van der Waals surface area (Å²) in [6, 6.07) is 13.1. The van der Waals surface area contributed by atoms with Crippen molar-refractivity contribution in [1.29, 1.82) is 0 Å². The van der Waals surface area contributed by atoms with Crippen LogP contribution in [-0.2, 0) is 34.7 Å². The van der Waals surface area contributed by atoms with E-state index in [2.05, 4.69) is 10.3 Å². The highest BCUT2D eigenvalue weighted by molar-refractivity contribution is 6.07. The van der Waals surface area contributed by atoms with Crippen LogP contribution in [0.4, 0.5) is 11.4 Å². The molecule has 1 saturated heterocycles. The summed E-state index contributed by atoms with van der Waals surface area (Å²) >= 11 is 0. The first-order chi connectivity index (χ1) is 19.8. The number of amides is 2. The molecule has 2 atom stereocenters. The van der Waals surface area contributed by atoms with Gasteiger partial charge in [-0.25, -0.2) is 0 Å². The molecule has 2 aliphatic rings. The Hall–Kier alpha value is -4.02. The zero-order valence-electron chi connectivity index (χ0n) is 23.6. The number of carbonyl (C=O) groups is 2. The number of allylic oxidation sites excluding steroid dienone is 1. The average Bonchev–Trinajstić information content (AvgIpc) is 3.52. The van der Waals surface area contributed by atoms with E-state index in [4.69, 9.17) is 9.84 Å². The third-order valence-electron chi connectivity index (χ3n) is 7.93. The molecule has 3 aromatic rings. The van der Waals surface area contributed by atoms with Crippen molar-refractivity contribution in [2.24, 2.45) is 5.92 Å². The molecular weight excluding hydrogens is 522 g/mol. The van der Waals surface area contributed by atoms with Crippen LogP contribution in [0.25, 0.3) is 0 Å². The fourth-order valence-electron chi connectivity index (χ4n) is 5.62. The summed E-state index contributed by atoms with van der Waals surface area (Å²) in [5.41, 5.74) is 1.80. The van der Waals surface area contributed by atoms with Crippen molar-refractivity contribution in [2.45, 2.75) is 57.7 Å². The highest BCUT2D eigenvalue weighted by Gasteiger charge is 2.52. The van der Waals surface area contributed by atoms with Crippen molar-refractivity contribution >= 4 is 23.2 Å². The van der Waals surface area contributed by atoms with Crippen LogP contribution in [0, 0.1) is 5.92 Å². The van der Waals surface area contributed by atoms with Crippen LogP contribution in [0.15, 0.2) is 60.8 Å². The second-order valence-electron chi connectivity index (χ2n) is 10.7. The number of hydrogen-bond acceptors (Lipinski definition) is 7. The molecule has 0 radical (unpaired) electrons. The quantitative estimate of drug-likeness (QED) is 0.346. The predicted octanol–water partition coefficient (Wildman–Crippen LogP) is 3.36. The van der Waals surface area contributed by atoms with Gasteiger partial charge in [0.15, 0.2) is 5.60 Å². The van der Waals surface area contributed by atoms with Crippen LogP contribution >= 0.6 is 0 Å². The molecule has 2 amide bonds. The molecule has 3 heterocycles. The molecule has 2 aromatic carbocycles. The van der Waals surface area contributed by atoms with Gasteiger partial charge in [-0.05, 0) is 55.2 Å². The Morgan fingerprint density at radius 2 is 2.02 bits per heavy atom. The van der Waals surface area contributed by atoms with Gasteiger partial charge in [0.2, 0.25) is 5.91 Å². The molecule has 41 heavy (non-hydrogen) atoms. The Kier molecular flexibility index (Phi) is 8.51. The normalized spacial score (nSPS) is 19.7. The Bertz CT molecular complexity index is 1440. The van der Waals surface area contributed by atoms with E-state index < -0.39 is 17.4 Å². The molecule has 0 unspecified atom stereocenters. The van der Waals surface area contributed by atoms with Gasteiger partial charge < -0.3 is 24.7 Å². The minimum atomic E-state index is -1.78. The lowest BCUT2D eigenvalue weighted by Gasteiger charge is -2.28. The van der Waals surface area contributed by atoms with Crippen molar-refractivity contribution in [3.05, 3.63) is 77.6 Å². The maximum absolute atomic E-state index is 14.0. The number of methoxy groups -OCH3 is 1. The zero-order chi connectivity index (χ0) is 29.0. The van der Waals surface area contributed by atoms with Crippen molar-refractivity contribution in [3.8, 4) is 5.75 Å². The Labute approximate surface area is 239 Å². The van der Waals surface area contributed by atoms with E-state index >= 15 is 0 Å². The molecule has 1 aromatic heterocycles. The summed E-state index contributed by atoms with van der Waals surface area (Å²) in [5, 5.41) is 29.2. The number of piperidine rings is 1. The minimum Gasteiger partial charge on any atom is -0.497 e. The molecular formula is C31H37N5O5. The first-order valence-electron chi connectivity index (χ1n) is 14.1. The number of nitrogens with zero attached hydrogens (tertiary/aromatic N) is 5. The SMILES string of the molecule is COc1ccc2c(c1)[C@](O)([C@@H](C)/C=C/CCn1cc(CCO)nn1)C(=O)N2Cc1cccc(N2CCCCC2=O)c1. The van der Waals surface area contributed by atoms with Gasteiger partial charge in [-0.1, -0.05) is 36.4 Å². The topological polar surface area (TPSA) is 121 Å². The highest BCUT2D eigenvalue weighted by Crippen LogP contribution is 2.47. The Morgan fingerprint density at radius 1 is 1.17 bits per heavy atom. The first kappa shape index (κ1) is 28.5. The van der Waals surface area contributed by atoms with Gasteiger partial charge in [-0.2, -0.15) is 0 Å². The summed E-state index contributed by atoms with van der Waals surface area (Å²) in [6.45, 7) is 3.39. The Morgan fingerprint density at radius 3 is 2.80 bits per heavy atom. The van der Waals surface area contributed by atoms with E-state index in [1.165, 1.54) is 0 Å². The number of benzene rings is 2. The second kappa shape index (κ2) is 12.2. The van der Waals surface area contributed by atoms with Crippen LogP contribution in [0.3, 0.4) is 0 Å². The number of ether oxygens (including phenoxy) is 1. The maximum atomic E-state index is 14.0. The number of aliphatic hydroxyl groups is 2. The van der Waals surface area contributed by atoms with Gasteiger partial charge in [0, 0.05) is 55.9 Å². The molecule has 10 nitrogen and oxygen atoms in total. The second-order valence-corrected chi connectivity index (χ2v) is 10.7. The molecule has 10 heteroatoms. The monoisotopic (exact) mass is 559 g/mol. The lowest BCUT2D eigenvalue weighted by molar-refractivity contribution is -0.139. The largest absolute Gasteiger partial charge is 0.497 e. The molecule has 2 aliphatic heterocycles. The fourth-order valence-corrected chi connectivity index (χ4v) is 5.62. The minimum absolute atomic E-state index is 0.0234. The van der Waals surface area contributed by atoms with Crippen molar-refractivity contribution in [1.82, 2.24) is 15.0 Å². The van der Waals surface area contributed by atoms with Gasteiger partial charge in [-0.3, -0.25) is 14.3 Å². The van der Waals surface area contributed by atoms with Crippen molar-refractivity contribution in [2.75, 3.05) is 30.1 Å². The number of hydrogen-bond donors (Lipinski definition) is 2. The lowest BCUT2D eigenvalue weighted by atomic mass is 9.83. The fraction of sp³-hybridized carbons (Fsp3) is 0.419. The lowest BCUT2D eigenvalue weighted by Crippen LogP contribution is -2.44. The van der Waals surface area contributed by atoms with E-state index in [-0.39, 0.29) is 19.1 Å². The summed E-state index contributed by atoms with van der Waals surface area (Å²) in [4.78, 5) is 29.9. The van der Waals surface area contributed by atoms with Crippen LogP contribution in [0.5, 0.6) is 5.75 Å². The summed E-state index contributed by atoms with van der Waals surface area (Å²) in [7, 11) is 1.56. The number of rotatable bonds is 11. The molecule has 0 aliphatic carbocycles. The zero-order valence-corrected chi connectivity index (χ0v) is 23.6. The molecule has 5 rings (SSSR count). The molecule has 2 N–H and O–H groups in total. The number of fused-ring (bicyclic) bond motifs is 1. The molecule has 1 fully saturated rings. The van der Waals surface area contributed by atoms with E-state index in [0.717, 1.165) is 29.8 Å². The van der Waals surface area contributed by atoms with Crippen LogP contribution in [0.1, 0.15) is 49.4 Å². The van der Waals surface area contributed by atoms with E-state index in [9.17, 15) is 14.7 Å². The Balaban J connectivity index is 1.36. The van der Waals surface area contributed by atoms with E-state index in [0.29, 0.717) is 49.4 Å². The molecule has 0 bridgehead atoms. The number of aryl methyl sites for hydroxylation is 1. The number of aromatic nitrogens is 3. The van der Waals surface area contributed by atoms with Crippen LogP contribution < -0.4 is 14.5 Å². The van der Waals surface area contributed by atoms with Gasteiger partial charge >= 0.3 is 0 Å². The number of carbonyl (C=O) groups excluding carboxylic acids is 2. The van der Waals surface area contributed by atoms with E-state index in [1.807, 2.05) is 54.3 Å². The number of aliphatic hydroxyl groups excluding tert-OH is 1. The number of anilines is 2. The van der Waals surface area contributed by atoms with Crippen molar-refractivity contribution < 1.29 is 24.5 Å². The average molecular weight is 560 g/mol. The third-order valence-corrected chi connectivity index (χ3v) is 7.93. The summed E-state index contributed by atoms with van der Waals surface area (Å²) in [5.74, 6) is -0.248. The van der Waals surface area contributed by atoms with Crippen molar-refractivity contribution in [3.63, 3.8) is 0 Å². The van der Waals surface area contributed by atoms with Crippen LogP contribution in [-0.4, -0.2) is 57.3 Å². The predicted molar refractivity (Wildman–Crippen MR) is 154 cm³/mol. The maximum Gasteiger partial charge on any atom is 0.264 e. The summed E-state index contributed by atoms with van der Waals surface area (Å²) in [6.07, 6.45) is 9.12. The third kappa shape index (κ3) is 5.75. The van der Waals surface area contributed by atoms with Gasteiger partial charge in [0.05, 0.1) is 25.0 Å². The van der Waals surface area contributed by atoms with Gasteiger partial charge in [0.25, 0.3) is 5.91 Å². The molecule has 0 saturated carbocycles. The van der Waals surface area contributed by atoms with Gasteiger partial charge in [-0.15, -0.1) is 5.10 Å². The van der Waals surface area contributed by atoms with Crippen LogP contribution in [0.2, 0.25) is 0 Å². The molecule has 0 spiro atoms. The highest BCUT2D eigenvalue weighted by atomic mass is 16.5. The first-order valence-corrected chi connectivity index (χ1v) is 14.1. The summed E-state index contributed by atoms with van der Waals surface area (Å²) < 4.78 is 7.14. The van der Waals surface area contributed by atoms with E-state index in [1.54, 1.807) is 35.0 Å².